The summed E-state index contributed by atoms with van der Waals surface area (Å²) in [6.45, 7) is 4.59. The standard InChI is InChI=1S/C26H36BNO8S/c1-19(2)16-28(37(33,34)24-10-8-22(9-11-24)27(31)32)17-25(29)21(14-20-6-4-3-5-7-20)15-26(30)36-23-12-13-35-18-23/h3-11,19,21,23,25,29,31-32H,12-18H2,1-2H3/t21?,23-,25+/m0/s1. The Morgan fingerprint density at radius 1 is 1.11 bits per heavy atom. The van der Waals surface area contributed by atoms with Gasteiger partial charge in [0.2, 0.25) is 10.0 Å². The van der Waals surface area contributed by atoms with Gasteiger partial charge in [-0.1, -0.05) is 56.3 Å². The number of ether oxygens (including phenoxy) is 2. The molecule has 0 radical (unpaired) electrons. The summed E-state index contributed by atoms with van der Waals surface area (Å²) in [4.78, 5) is 12.7. The largest absolute Gasteiger partial charge is 0.488 e. The van der Waals surface area contributed by atoms with Crippen LogP contribution in [0.25, 0.3) is 0 Å². The van der Waals surface area contributed by atoms with E-state index in [1.165, 1.54) is 28.6 Å². The van der Waals surface area contributed by atoms with Gasteiger partial charge in [-0.15, -0.1) is 0 Å². The Bertz CT molecular complexity index is 1090. The first-order chi connectivity index (χ1) is 17.6. The van der Waals surface area contributed by atoms with E-state index in [1.807, 2.05) is 44.2 Å². The van der Waals surface area contributed by atoms with Gasteiger partial charge >= 0.3 is 13.1 Å². The number of aliphatic hydroxyl groups is 1. The minimum atomic E-state index is -4.01. The molecule has 3 rings (SSSR count). The summed E-state index contributed by atoms with van der Waals surface area (Å²) in [7, 11) is -5.72. The number of carbonyl (C=O) groups is 1. The second-order valence-corrected chi connectivity index (χ2v) is 11.8. The third-order valence-electron chi connectivity index (χ3n) is 6.28. The lowest BCUT2D eigenvalue weighted by molar-refractivity contribution is -0.151. The molecule has 1 heterocycles. The first kappa shape index (κ1) is 29.3. The van der Waals surface area contributed by atoms with Crippen molar-refractivity contribution in [3.05, 3.63) is 60.2 Å². The zero-order valence-electron chi connectivity index (χ0n) is 21.3. The van der Waals surface area contributed by atoms with Crippen LogP contribution in [0.4, 0.5) is 0 Å². The zero-order chi connectivity index (χ0) is 27.0. The highest BCUT2D eigenvalue weighted by Crippen LogP contribution is 2.23. The van der Waals surface area contributed by atoms with Crippen molar-refractivity contribution in [3.63, 3.8) is 0 Å². The lowest BCUT2D eigenvalue weighted by atomic mass is 9.81. The molecule has 11 heteroatoms. The van der Waals surface area contributed by atoms with Crippen LogP contribution in [0, 0.1) is 11.8 Å². The van der Waals surface area contributed by atoms with E-state index in [1.54, 1.807) is 0 Å². The van der Waals surface area contributed by atoms with Gasteiger partial charge in [0, 0.05) is 25.4 Å². The second kappa shape index (κ2) is 13.5. The van der Waals surface area contributed by atoms with Crippen LogP contribution < -0.4 is 5.46 Å². The maximum Gasteiger partial charge on any atom is 0.488 e. The molecule has 0 amide bonds. The van der Waals surface area contributed by atoms with Gasteiger partial charge in [0.15, 0.2) is 0 Å². The average molecular weight is 533 g/mol. The van der Waals surface area contributed by atoms with Crippen LogP contribution >= 0.6 is 0 Å². The third kappa shape index (κ3) is 8.63. The first-order valence-corrected chi connectivity index (χ1v) is 14.0. The van der Waals surface area contributed by atoms with Crippen molar-refractivity contribution in [2.45, 2.75) is 50.2 Å². The molecule has 1 fully saturated rings. The van der Waals surface area contributed by atoms with Crippen LogP contribution in [0.5, 0.6) is 0 Å². The van der Waals surface area contributed by atoms with Crippen LogP contribution in [0.2, 0.25) is 0 Å². The lowest BCUT2D eigenvalue weighted by Gasteiger charge is -2.30. The average Bonchev–Trinajstić information content (AvgIpc) is 3.36. The number of aliphatic hydroxyl groups excluding tert-OH is 1. The van der Waals surface area contributed by atoms with Crippen molar-refractivity contribution in [2.75, 3.05) is 26.3 Å². The Balaban J connectivity index is 1.81. The summed E-state index contributed by atoms with van der Waals surface area (Å²) in [5.74, 6) is -1.05. The Morgan fingerprint density at radius 2 is 1.78 bits per heavy atom. The number of hydrogen-bond acceptors (Lipinski definition) is 8. The Hall–Kier alpha value is -2.28. The van der Waals surface area contributed by atoms with Crippen molar-refractivity contribution < 1.29 is 37.8 Å². The van der Waals surface area contributed by atoms with Gasteiger partial charge < -0.3 is 24.6 Å². The lowest BCUT2D eigenvalue weighted by Crippen LogP contribution is -2.43. The molecular formula is C26H36BNO8S. The van der Waals surface area contributed by atoms with E-state index in [-0.39, 0.29) is 41.9 Å². The van der Waals surface area contributed by atoms with Gasteiger partial charge in [-0.2, -0.15) is 4.31 Å². The molecule has 9 nitrogen and oxygen atoms in total. The number of benzene rings is 2. The minimum absolute atomic E-state index is 0.0231. The maximum atomic E-state index is 13.5. The molecule has 0 aliphatic carbocycles. The summed E-state index contributed by atoms with van der Waals surface area (Å²) in [6, 6.07) is 14.7. The van der Waals surface area contributed by atoms with Gasteiger partial charge in [-0.05, 0) is 35.5 Å². The molecule has 2 aromatic carbocycles. The summed E-state index contributed by atoms with van der Waals surface area (Å²) < 4.78 is 39.0. The number of nitrogens with zero attached hydrogens (tertiary/aromatic N) is 1. The summed E-state index contributed by atoms with van der Waals surface area (Å²) in [5.41, 5.74) is 1.09. The fourth-order valence-electron chi connectivity index (χ4n) is 4.31. The van der Waals surface area contributed by atoms with Crippen LogP contribution in [-0.4, -0.2) is 79.5 Å². The highest BCUT2D eigenvalue weighted by atomic mass is 32.2. The quantitative estimate of drug-likeness (QED) is 0.256. The molecule has 0 spiro atoms. The zero-order valence-corrected chi connectivity index (χ0v) is 22.1. The van der Waals surface area contributed by atoms with E-state index < -0.39 is 35.1 Å². The monoisotopic (exact) mass is 533 g/mol. The SMILES string of the molecule is CC(C)CN(C[C@@H](O)C(CC(=O)O[C@H]1CCOC1)Cc1ccccc1)S(=O)(=O)c1ccc(B(O)O)cc1. The van der Waals surface area contributed by atoms with Gasteiger partial charge in [0.1, 0.15) is 6.10 Å². The predicted molar refractivity (Wildman–Crippen MR) is 139 cm³/mol. The van der Waals surface area contributed by atoms with E-state index in [2.05, 4.69) is 0 Å². The van der Waals surface area contributed by atoms with Gasteiger partial charge in [0.05, 0.1) is 30.6 Å². The molecule has 3 N–H and O–H groups in total. The molecule has 37 heavy (non-hydrogen) atoms. The molecule has 0 saturated carbocycles. The Morgan fingerprint density at radius 3 is 2.35 bits per heavy atom. The molecule has 1 unspecified atom stereocenters. The topological polar surface area (TPSA) is 134 Å². The molecular weight excluding hydrogens is 497 g/mol. The second-order valence-electron chi connectivity index (χ2n) is 9.86. The highest BCUT2D eigenvalue weighted by molar-refractivity contribution is 7.89. The van der Waals surface area contributed by atoms with Crippen LogP contribution in [0.1, 0.15) is 32.3 Å². The molecule has 1 aliphatic heterocycles. The van der Waals surface area contributed by atoms with Gasteiger partial charge in [-0.25, -0.2) is 8.42 Å². The van der Waals surface area contributed by atoms with Crippen LogP contribution in [0.3, 0.4) is 0 Å². The maximum absolute atomic E-state index is 13.5. The van der Waals surface area contributed by atoms with Gasteiger partial charge in [0.25, 0.3) is 0 Å². The van der Waals surface area contributed by atoms with Crippen molar-refractivity contribution >= 4 is 28.6 Å². The number of hydrogen-bond donors (Lipinski definition) is 3. The Kier molecular flexibility index (Phi) is 10.7. The van der Waals surface area contributed by atoms with Crippen molar-refractivity contribution in [1.29, 1.82) is 0 Å². The molecule has 2 aromatic rings. The van der Waals surface area contributed by atoms with Crippen molar-refractivity contribution in [2.24, 2.45) is 11.8 Å². The van der Waals surface area contributed by atoms with E-state index in [9.17, 15) is 28.4 Å². The summed E-state index contributed by atoms with van der Waals surface area (Å²) in [6.07, 6.45) is -0.508. The Labute approximate surface area is 219 Å². The van der Waals surface area contributed by atoms with Crippen LogP contribution in [-0.2, 0) is 30.7 Å². The molecule has 0 bridgehead atoms. The fourth-order valence-corrected chi connectivity index (χ4v) is 5.93. The highest BCUT2D eigenvalue weighted by Gasteiger charge is 2.32. The summed E-state index contributed by atoms with van der Waals surface area (Å²) >= 11 is 0. The fraction of sp³-hybridized carbons (Fsp3) is 0.500. The molecule has 1 saturated heterocycles. The first-order valence-electron chi connectivity index (χ1n) is 12.5. The third-order valence-corrected chi connectivity index (χ3v) is 8.12. The molecule has 202 valence electrons. The van der Waals surface area contributed by atoms with E-state index >= 15 is 0 Å². The molecule has 3 atom stereocenters. The smallest absolute Gasteiger partial charge is 0.460 e. The number of esters is 1. The van der Waals surface area contributed by atoms with Crippen molar-refractivity contribution in [3.8, 4) is 0 Å². The van der Waals surface area contributed by atoms with E-state index in [0.29, 0.717) is 26.1 Å². The molecule has 1 aliphatic rings. The number of carbonyl (C=O) groups excluding carboxylic acids is 1. The van der Waals surface area contributed by atoms with Crippen molar-refractivity contribution in [1.82, 2.24) is 4.31 Å². The van der Waals surface area contributed by atoms with E-state index in [0.717, 1.165) is 5.56 Å². The minimum Gasteiger partial charge on any atom is -0.460 e. The van der Waals surface area contributed by atoms with Crippen LogP contribution in [0.15, 0.2) is 59.5 Å². The number of rotatable bonds is 13. The predicted octanol–water partition coefficient (Wildman–Crippen LogP) is 0.955. The van der Waals surface area contributed by atoms with E-state index in [4.69, 9.17) is 9.47 Å². The number of sulfonamides is 1. The summed E-state index contributed by atoms with van der Waals surface area (Å²) in [5, 5.41) is 29.9. The van der Waals surface area contributed by atoms with Gasteiger partial charge in [-0.3, -0.25) is 4.79 Å². The molecule has 0 aromatic heterocycles. The normalized spacial score (nSPS) is 17.6.